The lowest BCUT2D eigenvalue weighted by molar-refractivity contribution is 0.102. The lowest BCUT2D eigenvalue weighted by atomic mass is 10.0. The molecule has 4 aromatic rings. The van der Waals surface area contributed by atoms with E-state index in [1.807, 2.05) is 66.2 Å². The van der Waals surface area contributed by atoms with Crippen LogP contribution in [0.4, 0.5) is 5.69 Å². The molecule has 1 heterocycles. The van der Waals surface area contributed by atoms with E-state index in [2.05, 4.69) is 27.8 Å². The van der Waals surface area contributed by atoms with E-state index >= 15 is 0 Å². The minimum atomic E-state index is -0.150. The number of carbonyl (C=O) groups excluding carboxylic acids is 1. The van der Waals surface area contributed by atoms with Gasteiger partial charge >= 0.3 is 0 Å². The molecule has 0 unspecified atom stereocenters. The molecule has 1 aromatic heterocycles. The van der Waals surface area contributed by atoms with Crippen LogP contribution in [0.5, 0.6) is 0 Å². The van der Waals surface area contributed by atoms with E-state index in [0.29, 0.717) is 5.56 Å². The third kappa shape index (κ3) is 3.58. The molecule has 0 aliphatic rings. The molecule has 0 fully saturated rings. The van der Waals surface area contributed by atoms with Crippen molar-refractivity contribution in [3.8, 4) is 0 Å². The molecule has 0 atom stereocenters. The summed E-state index contributed by atoms with van der Waals surface area (Å²) in [6.07, 6.45) is 0.765. The molecule has 5 nitrogen and oxygen atoms in total. The van der Waals surface area contributed by atoms with Gasteiger partial charge in [0.1, 0.15) is 5.52 Å². The fourth-order valence-corrected chi connectivity index (χ4v) is 3.15. The Morgan fingerprint density at radius 3 is 2.59 bits per heavy atom. The monoisotopic (exact) mass is 356 g/mol. The van der Waals surface area contributed by atoms with Gasteiger partial charge in [-0.2, -0.15) is 0 Å². The van der Waals surface area contributed by atoms with Crippen molar-refractivity contribution in [2.45, 2.75) is 19.9 Å². The highest BCUT2D eigenvalue weighted by Crippen LogP contribution is 2.21. The maximum absolute atomic E-state index is 12.8. The molecule has 0 spiro atoms. The van der Waals surface area contributed by atoms with Crippen LogP contribution in [0.2, 0.25) is 0 Å². The van der Waals surface area contributed by atoms with Crippen LogP contribution >= 0.6 is 0 Å². The van der Waals surface area contributed by atoms with Gasteiger partial charge in [-0.15, -0.1) is 5.10 Å². The second kappa shape index (κ2) is 7.41. The number of aromatic nitrogens is 3. The second-order valence-electron chi connectivity index (χ2n) is 6.38. The first-order valence-corrected chi connectivity index (χ1v) is 9.01. The van der Waals surface area contributed by atoms with Gasteiger partial charge in [0.2, 0.25) is 0 Å². The van der Waals surface area contributed by atoms with Crippen LogP contribution in [0.1, 0.15) is 28.4 Å². The minimum absolute atomic E-state index is 0.150. The van der Waals surface area contributed by atoms with Crippen molar-refractivity contribution in [3.63, 3.8) is 0 Å². The van der Waals surface area contributed by atoms with Crippen LogP contribution in [-0.2, 0) is 13.0 Å². The van der Waals surface area contributed by atoms with Gasteiger partial charge in [0.25, 0.3) is 5.91 Å². The highest BCUT2D eigenvalue weighted by molar-refractivity contribution is 6.06. The smallest absolute Gasteiger partial charge is 0.255 e. The highest BCUT2D eigenvalue weighted by atomic mass is 16.1. The molecule has 5 heteroatoms. The Hall–Kier alpha value is -3.47. The van der Waals surface area contributed by atoms with Gasteiger partial charge < -0.3 is 5.32 Å². The SMILES string of the molecule is CCn1nnc2cc(C(=O)Nc3ccccc3Cc3ccccc3)ccc21. The van der Waals surface area contributed by atoms with Gasteiger partial charge in [-0.1, -0.05) is 53.7 Å². The number of rotatable bonds is 5. The van der Waals surface area contributed by atoms with E-state index in [1.165, 1.54) is 5.56 Å². The van der Waals surface area contributed by atoms with Crippen molar-refractivity contribution < 1.29 is 4.79 Å². The summed E-state index contributed by atoms with van der Waals surface area (Å²) in [5.41, 5.74) is 5.33. The van der Waals surface area contributed by atoms with Crippen molar-refractivity contribution in [3.05, 3.63) is 89.5 Å². The molecule has 0 aliphatic heterocycles. The van der Waals surface area contributed by atoms with E-state index in [0.717, 1.165) is 35.2 Å². The van der Waals surface area contributed by atoms with Crippen molar-refractivity contribution in [2.24, 2.45) is 0 Å². The quantitative estimate of drug-likeness (QED) is 0.580. The summed E-state index contributed by atoms with van der Waals surface area (Å²) in [4.78, 5) is 12.8. The number of para-hydroxylation sites is 1. The molecule has 0 bridgehead atoms. The number of carbonyl (C=O) groups is 1. The third-order valence-corrected chi connectivity index (χ3v) is 4.58. The highest BCUT2D eigenvalue weighted by Gasteiger charge is 2.12. The number of anilines is 1. The molecule has 0 radical (unpaired) electrons. The summed E-state index contributed by atoms with van der Waals surface area (Å²) in [5.74, 6) is -0.150. The summed E-state index contributed by atoms with van der Waals surface area (Å²) in [5, 5.41) is 11.3. The van der Waals surface area contributed by atoms with Gasteiger partial charge in [0.15, 0.2) is 0 Å². The molecule has 1 N–H and O–H groups in total. The fourth-order valence-electron chi connectivity index (χ4n) is 3.15. The molecule has 4 rings (SSSR count). The number of amides is 1. The van der Waals surface area contributed by atoms with E-state index in [4.69, 9.17) is 0 Å². The van der Waals surface area contributed by atoms with Crippen LogP contribution in [0.15, 0.2) is 72.8 Å². The summed E-state index contributed by atoms with van der Waals surface area (Å²) in [7, 11) is 0. The Morgan fingerprint density at radius 1 is 1.00 bits per heavy atom. The predicted octanol–water partition coefficient (Wildman–Crippen LogP) is 4.29. The first kappa shape index (κ1) is 17.0. The number of hydrogen-bond donors (Lipinski definition) is 1. The fraction of sp³-hybridized carbons (Fsp3) is 0.136. The molecular formula is C22H20N4O. The predicted molar refractivity (Wildman–Crippen MR) is 107 cm³/mol. The van der Waals surface area contributed by atoms with Crippen LogP contribution in [0.25, 0.3) is 11.0 Å². The van der Waals surface area contributed by atoms with Crippen molar-refractivity contribution in [2.75, 3.05) is 5.32 Å². The van der Waals surface area contributed by atoms with Crippen molar-refractivity contribution in [1.82, 2.24) is 15.0 Å². The molecule has 27 heavy (non-hydrogen) atoms. The van der Waals surface area contributed by atoms with Gasteiger partial charge in [0, 0.05) is 17.8 Å². The molecule has 0 aliphatic carbocycles. The Bertz CT molecular complexity index is 1090. The minimum Gasteiger partial charge on any atom is -0.322 e. The zero-order valence-electron chi connectivity index (χ0n) is 15.1. The number of benzene rings is 3. The lowest BCUT2D eigenvalue weighted by Gasteiger charge is -2.11. The average Bonchev–Trinajstić information content (AvgIpc) is 3.12. The number of hydrogen-bond acceptors (Lipinski definition) is 3. The van der Waals surface area contributed by atoms with E-state index in [-0.39, 0.29) is 5.91 Å². The van der Waals surface area contributed by atoms with Gasteiger partial charge in [-0.3, -0.25) is 4.79 Å². The Morgan fingerprint density at radius 2 is 1.78 bits per heavy atom. The zero-order chi connectivity index (χ0) is 18.6. The standard InChI is InChI=1S/C22H20N4O/c1-2-26-21-13-12-18(15-20(21)24-25-26)22(27)23-19-11-7-6-10-17(19)14-16-8-4-3-5-9-16/h3-13,15H,2,14H2,1H3,(H,23,27). The largest absolute Gasteiger partial charge is 0.322 e. The molecule has 134 valence electrons. The van der Waals surface area contributed by atoms with Crippen molar-refractivity contribution in [1.29, 1.82) is 0 Å². The molecule has 1 amide bonds. The molecule has 0 saturated heterocycles. The molecular weight excluding hydrogens is 336 g/mol. The van der Waals surface area contributed by atoms with Gasteiger partial charge in [0.05, 0.1) is 5.52 Å². The second-order valence-corrected chi connectivity index (χ2v) is 6.38. The Balaban J connectivity index is 1.58. The number of nitrogens with zero attached hydrogens (tertiary/aromatic N) is 3. The van der Waals surface area contributed by atoms with Crippen molar-refractivity contribution >= 4 is 22.6 Å². The first-order chi connectivity index (χ1) is 13.2. The molecule has 3 aromatic carbocycles. The number of nitrogens with one attached hydrogen (secondary N) is 1. The van der Waals surface area contributed by atoms with E-state index in [9.17, 15) is 4.79 Å². The number of aryl methyl sites for hydroxylation is 1. The Labute approximate surface area is 157 Å². The van der Waals surface area contributed by atoms with Crippen LogP contribution in [0, 0.1) is 0 Å². The van der Waals surface area contributed by atoms with Crippen LogP contribution < -0.4 is 5.32 Å². The summed E-state index contributed by atoms with van der Waals surface area (Å²) in [6.45, 7) is 2.76. The van der Waals surface area contributed by atoms with E-state index < -0.39 is 0 Å². The summed E-state index contributed by atoms with van der Waals surface area (Å²) >= 11 is 0. The average molecular weight is 356 g/mol. The zero-order valence-corrected chi connectivity index (χ0v) is 15.1. The van der Waals surface area contributed by atoms with Gasteiger partial charge in [-0.25, -0.2) is 4.68 Å². The molecule has 0 saturated carbocycles. The summed E-state index contributed by atoms with van der Waals surface area (Å²) < 4.78 is 1.81. The first-order valence-electron chi connectivity index (χ1n) is 9.01. The number of fused-ring (bicyclic) bond motifs is 1. The van der Waals surface area contributed by atoms with Crippen LogP contribution in [-0.4, -0.2) is 20.9 Å². The maximum atomic E-state index is 12.8. The topological polar surface area (TPSA) is 59.8 Å². The normalized spacial score (nSPS) is 10.9. The third-order valence-electron chi connectivity index (χ3n) is 4.58. The van der Waals surface area contributed by atoms with Crippen LogP contribution in [0.3, 0.4) is 0 Å². The van der Waals surface area contributed by atoms with Gasteiger partial charge in [-0.05, 0) is 48.7 Å². The van der Waals surface area contributed by atoms with E-state index in [1.54, 1.807) is 6.07 Å². The maximum Gasteiger partial charge on any atom is 0.255 e. The Kier molecular flexibility index (Phi) is 4.66. The summed E-state index contributed by atoms with van der Waals surface area (Å²) in [6, 6.07) is 23.6. The lowest BCUT2D eigenvalue weighted by Crippen LogP contribution is -2.13.